The Morgan fingerprint density at radius 3 is 2.84 bits per heavy atom. The lowest BCUT2D eigenvalue weighted by molar-refractivity contribution is -0.398. The van der Waals surface area contributed by atoms with Gasteiger partial charge in [0.1, 0.15) is 12.2 Å². The zero-order valence-corrected chi connectivity index (χ0v) is 12.3. The number of nitrogens with zero attached hydrogens (tertiary/aromatic N) is 7. The van der Waals surface area contributed by atoms with E-state index in [1.54, 1.807) is 0 Å². The maximum atomic E-state index is 11.9. The molecular weight excluding hydrogens is 342 g/mol. The van der Waals surface area contributed by atoms with Gasteiger partial charge in [0.15, 0.2) is 0 Å². The number of nitrogen functional groups attached to an aromatic ring is 1. The molecule has 1 fully saturated rings. The third kappa shape index (κ3) is 2.62. The smallest absolute Gasteiger partial charge is 0.390 e. The SMILES string of the molecule is [N-]=[N+]=NC[C@H]1O[C@@H](n2c([N+](=O)[O-])nc3c(=O)[nH]c(N)nc32)[C@H](O)[C@@H]1O. The van der Waals surface area contributed by atoms with Crippen LogP contribution in [0.5, 0.6) is 0 Å². The van der Waals surface area contributed by atoms with Gasteiger partial charge in [-0.05, 0) is 10.5 Å². The number of aromatic nitrogens is 4. The summed E-state index contributed by atoms with van der Waals surface area (Å²) in [6.07, 6.45) is -5.73. The Bertz CT molecular complexity index is 946. The minimum absolute atomic E-state index is 0.298. The first-order valence-electron chi connectivity index (χ1n) is 6.79. The number of imidazole rings is 1. The maximum Gasteiger partial charge on any atom is 0.439 e. The van der Waals surface area contributed by atoms with E-state index in [4.69, 9.17) is 16.0 Å². The van der Waals surface area contributed by atoms with Crippen molar-refractivity contribution in [1.29, 1.82) is 0 Å². The second kappa shape index (κ2) is 5.99. The fourth-order valence-electron chi connectivity index (χ4n) is 2.56. The molecule has 25 heavy (non-hydrogen) atoms. The van der Waals surface area contributed by atoms with Crippen molar-refractivity contribution in [2.75, 3.05) is 12.3 Å². The lowest BCUT2D eigenvalue weighted by Gasteiger charge is -2.13. The standard InChI is InChI=1S/C10H11N9O6/c11-9-15-6-3(7(22)16-9)14-10(19(23)24)18(6)8-5(21)4(20)2(25-8)1-13-17-12/h2,4-5,8,20-21H,1H2,(H3,11,15,16,22)/t2-,4-,5-,8-/m1/s1. The minimum atomic E-state index is -1.63. The van der Waals surface area contributed by atoms with Gasteiger partial charge in [-0.1, -0.05) is 10.1 Å². The van der Waals surface area contributed by atoms with Crippen molar-refractivity contribution >= 4 is 23.1 Å². The topological polar surface area (TPSA) is 231 Å². The zero-order valence-electron chi connectivity index (χ0n) is 12.3. The number of nitrogens with one attached hydrogen (secondary N) is 1. The van der Waals surface area contributed by atoms with Gasteiger partial charge in [-0.3, -0.25) is 9.78 Å². The summed E-state index contributed by atoms with van der Waals surface area (Å²) in [7, 11) is 0. The highest BCUT2D eigenvalue weighted by Crippen LogP contribution is 2.34. The molecule has 15 heteroatoms. The van der Waals surface area contributed by atoms with Crippen molar-refractivity contribution in [1.82, 2.24) is 19.5 Å². The molecule has 0 radical (unpaired) electrons. The highest BCUT2D eigenvalue weighted by atomic mass is 16.6. The van der Waals surface area contributed by atoms with Crippen molar-refractivity contribution in [3.8, 4) is 0 Å². The molecule has 2 aromatic rings. The van der Waals surface area contributed by atoms with Gasteiger partial charge in [0.05, 0.1) is 12.6 Å². The third-order valence-corrected chi connectivity index (χ3v) is 3.63. The van der Waals surface area contributed by atoms with E-state index in [1.807, 2.05) is 0 Å². The molecule has 4 atom stereocenters. The van der Waals surface area contributed by atoms with Crippen LogP contribution >= 0.6 is 0 Å². The van der Waals surface area contributed by atoms with Crippen LogP contribution in [0.3, 0.4) is 0 Å². The van der Waals surface area contributed by atoms with Crippen molar-refractivity contribution < 1.29 is 19.9 Å². The molecule has 132 valence electrons. The van der Waals surface area contributed by atoms with E-state index in [1.165, 1.54) is 0 Å². The summed E-state index contributed by atoms with van der Waals surface area (Å²) in [5, 5.41) is 34.7. The van der Waals surface area contributed by atoms with E-state index in [2.05, 4.69) is 25.0 Å². The lowest BCUT2D eigenvalue weighted by atomic mass is 10.1. The fraction of sp³-hybridized carbons (Fsp3) is 0.500. The van der Waals surface area contributed by atoms with Crippen LogP contribution in [0.4, 0.5) is 11.9 Å². The number of rotatable bonds is 4. The number of H-pyrrole nitrogens is 1. The first-order valence-corrected chi connectivity index (χ1v) is 6.79. The quantitative estimate of drug-likeness (QED) is 0.165. The van der Waals surface area contributed by atoms with Crippen molar-refractivity contribution in [2.24, 2.45) is 5.11 Å². The number of nitro groups is 1. The van der Waals surface area contributed by atoms with Crippen LogP contribution in [0.2, 0.25) is 0 Å². The summed E-state index contributed by atoms with van der Waals surface area (Å²) in [5.41, 5.74) is 12.3. The number of ether oxygens (including phenoxy) is 1. The van der Waals surface area contributed by atoms with Gasteiger partial charge in [-0.2, -0.15) is 9.55 Å². The van der Waals surface area contributed by atoms with Crippen molar-refractivity contribution in [2.45, 2.75) is 24.5 Å². The molecule has 5 N–H and O–H groups in total. The lowest BCUT2D eigenvalue weighted by Crippen LogP contribution is -2.33. The van der Waals surface area contributed by atoms with Gasteiger partial charge < -0.3 is 30.8 Å². The molecule has 0 saturated carbocycles. The van der Waals surface area contributed by atoms with Crippen LogP contribution in [0.15, 0.2) is 9.91 Å². The Labute approximate surface area is 136 Å². The fourth-order valence-corrected chi connectivity index (χ4v) is 2.56. The molecule has 2 aromatic heterocycles. The van der Waals surface area contributed by atoms with E-state index < -0.39 is 41.0 Å². The number of anilines is 1. The largest absolute Gasteiger partial charge is 0.439 e. The third-order valence-electron chi connectivity index (χ3n) is 3.63. The Balaban J connectivity index is 2.17. The van der Waals surface area contributed by atoms with Crippen LogP contribution in [0.25, 0.3) is 21.6 Å². The van der Waals surface area contributed by atoms with Gasteiger partial charge in [0.2, 0.25) is 17.8 Å². The average Bonchev–Trinajstić information content (AvgIpc) is 3.05. The first-order chi connectivity index (χ1) is 11.8. The molecule has 0 bridgehead atoms. The molecular formula is C10H11N9O6. The van der Waals surface area contributed by atoms with Crippen molar-refractivity contribution in [3.63, 3.8) is 0 Å². The van der Waals surface area contributed by atoms with Gasteiger partial charge >= 0.3 is 5.95 Å². The number of aromatic amines is 1. The van der Waals surface area contributed by atoms with Gasteiger partial charge in [-0.25, -0.2) is 0 Å². The van der Waals surface area contributed by atoms with Crippen LogP contribution < -0.4 is 11.3 Å². The average molecular weight is 353 g/mol. The van der Waals surface area contributed by atoms with E-state index in [9.17, 15) is 25.1 Å². The van der Waals surface area contributed by atoms with E-state index in [-0.39, 0.29) is 23.7 Å². The summed E-state index contributed by atoms with van der Waals surface area (Å²) in [4.78, 5) is 34.3. The Hall–Kier alpha value is -3.26. The van der Waals surface area contributed by atoms with Gasteiger partial charge in [0.25, 0.3) is 11.1 Å². The molecule has 1 saturated heterocycles. The van der Waals surface area contributed by atoms with Crippen LogP contribution in [-0.4, -0.2) is 59.5 Å². The van der Waals surface area contributed by atoms with E-state index in [0.717, 1.165) is 4.57 Å². The molecule has 3 rings (SSSR count). The molecule has 0 aromatic carbocycles. The molecule has 0 spiro atoms. The first kappa shape index (κ1) is 16.6. The van der Waals surface area contributed by atoms with Crippen LogP contribution in [0.1, 0.15) is 6.23 Å². The van der Waals surface area contributed by atoms with Crippen molar-refractivity contribution in [3.05, 3.63) is 30.9 Å². The number of hydrogen-bond acceptors (Lipinski definition) is 10. The number of azide groups is 1. The molecule has 1 aliphatic heterocycles. The van der Waals surface area contributed by atoms with E-state index >= 15 is 0 Å². The number of fused-ring (bicyclic) bond motifs is 1. The number of aliphatic hydroxyl groups excluding tert-OH is 2. The summed E-state index contributed by atoms with van der Waals surface area (Å²) >= 11 is 0. The second-order valence-corrected chi connectivity index (χ2v) is 5.12. The van der Waals surface area contributed by atoms with Gasteiger partial charge in [0, 0.05) is 4.91 Å². The molecule has 3 heterocycles. The maximum absolute atomic E-state index is 11.9. The molecule has 15 nitrogen and oxygen atoms in total. The molecule has 1 aliphatic rings. The zero-order chi connectivity index (χ0) is 18.3. The highest BCUT2D eigenvalue weighted by molar-refractivity contribution is 5.73. The highest BCUT2D eigenvalue weighted by Gasteiger charge is 2.48. The number of aliphatic hydroxyl groups is 2. The molecule has 0 aliphatic carbocycles. The van der Waals surface area contributed by atoms with Gasteiger partial charge in [-0.15, -0.1) is 0 Å². The Morgan fingerprint density at radius 2 is 2.20 bits per heavy atom. The normalized spacial score (nSPS) is 25.8. The Morgan fingerprint density at radius 1 is 1.48 bits per heavy atom. The minimum Gasteiger partial charge on any atom is -0.390 e. The molecule has 0 unspecified atom stereocenters. The number of nitrogens with two attached hydrogens (primary N) is 1. The summed E-state index contributed by atoms with van der Waals surface area (Å²) in [6.45, 7) is -0.318. The molecule has 0 amide bonds. The number of hydrogen-bond donors (Lipinski definition) is 4. The predicted molar refractivity (Wildman–Crippen MR) is 79.2 cm³/mol. The predicted octanol–water partition coefficient (Wildman–Crippen LogP) is -1.46. The second-order valence-electron chi connectivity index (χ2n) is 5.12. The van der Waals surface area contributed by atoms with Crippen LogP contribution in [-0.2, 0) is 4.74 Å². The van der Waals surface area contributed by atoms with E-state index in [0.29, 0.717) is 0 Å². The summed E-state index contributed by atoms with van der Waals surface area (Å²) in [5.74, 6) is -1.16. The Kier molecular flexibility index (Phi) is 3.97. The monoisotopic (exact) mass is 353 g/mol. The van der Waals surface area contributed by atoms with Crippen LogP contribution in [0, 0.1) is 10.1 Å². The summed E-state index contributed by atoms with van der Waals surface area (Å²) in [6, 6.07) is 0. The summed E-state index contributed by atoms with van der Waals surface area (Å²) < 4.78 is 6.13.